The molecule has 20 heavy (non-hydrogen) atoms. The Bertz CT molecular complexity index is 631. The van der Waals surface area contributed by atoms with Crippen LogP contribution in [0, 0.1) is 0 Å². The van der Waals surface area contributed by atoms with Crippen LogP contribution in [0.4, 0.5) is 0 Å². The highest BCUT2D eigenvalue weighted by Crippen LogP contribution is 2.51. The van der Waals surface area contributed by atoms with Crippen LogP contribution in [0.2, 0.25) is 0 Å². The zero-order valence-electron chi connectivity index (χ0n) is 9.90. The van der Waals surface area contributed by atoms with Crippen LogP contribution in [-0.4, -0.2) is 48.5 Å². The van der Waals surface area contributed by atoms with Crippen molar-refractivity contribution in [2.45, 2.75) is 28.8 Å². The molecule has 1 fully saturated rings. The number of rotatable bonds is 3. The average Bonchev–Trinajstić information content (AvgIpc) is 2.84. The Balaban J connectivity index is 1.92. The molecule has 3 N–H and O–H groups in total. The first-order valence-corrected chi connectivity index (χ1v) is 8.06. The topological polar surface area (TPSA) is 131 Å². The molecule has 110 valence electrons. The second-order valence-electron chi connectivity index (χ2n) is 4.35. The van der Waals surface area contributed by atoms with Gasteiger partial charge < -0.3 is 19.6 Å². The molecule has 2 aliphatic heterocycles. The molecule has 1 aromatic heterocycles. The zero-order valence-corrected chi connectivity index (χ0v) is 11.6. The molecule has 1 aromatic rings. The van der Waals surface area contributed by atoms with E-state index in [-0.39, 0.29) is 0 Å². The molecule has 4 atom stereocenters. The molecular weight excluding hydrogens is 311 g/mol. The van der Waals surface area contributed by atoms with Gasteiger partial charge in [0.15, 0.2) is 11.4 Å². The van der Waals surface area contributed by atoms with Crippen molar-refractivity contribution in [2.24, 2.45) is 0 Å². The number of aliphatic hydroxyl groups is 1. The number of hydrogen-bond donors (Lipinski definition) is 3. The number of phosphoric acid groups is 1. The number of fused-ring (bicyclic) bond motifs is 3. The third kappa shape index (κ3) is 2.44. The lowest BCUT2D eigenvalue weighted by molar-refractivity contribution is -0.0460. The molecule has 0 spiro atoms. The lowest BCUT2D eigenvalue weighted by Crippen LogP contribution is -2.32. The van der Waals surface area contributed by atoms with Crippen molar-refractivity contribution in [1.29, 1.82) is 0 Å². The predicted octanol–water partition coefficient (Wildman–Crippen LogP) is -0.915. The lowest BCUT2D eigenvalue weighted by atomic mass is 10.2. The normalized spacial score (nSPS) is 32.1. The average molecular weight is 322 g/mol. The maximum absolute atomic E-state index is 11.2. The fourth-order valence-electron chi connectivity index (χ4n) is 2.29. The number of thioether (sulfide) groups is 1. The molecule has 11 heteroatoms. The lowest BCUT2D eigenvalue weighted by Gasteiger charge is -2.20. The minimum Gasteiger partial charge on any atom is -0.394 e. The summed E-state index contributed by atoms with van der Waals surface area (Å²) in [5.74, 6) is 0. The number of nitrogens with zero attached hydrogens (tertiary/aromatic N) is 2. The quantitative estimate of drug-likeness (QED) is 0.478. The molecule has 0 aromatic carbocycles. The van der Waals surface area contributed by atoms with Crippen molar-refractivity contribution in [3.8, 4) is 0 Å². The first-order chi connectivity index (χ1) is 9.39. The van der Waals surface area contributed by atoms with Crippen LogP contribution in [-0.2, 0) is 13.8 Å². The maximum Gasteiger partial charge on any atom is 0.469 e. The molecule has 0 radical (unpaired) electrons. The molecule has 9 nitrogen and oxygen atoms in total. The molecule has 3 heterocycles. The van der Waals surface area contributed by atoms with E-state index in [0.717, 1.165) is 11.8 Å². The first-order valence-electron chi connectivity index (χ1n) is 5.65. The molecule has 2 aliphatic rings. The van der Waals surface area contributed by atoms with Crippen LogP contribution in [0.3, 0.4) is 0 Å². The predicted molar refractivity (Wildman–Crippen MR) is 66.1 cm³/mol. The van der Waals surface area contributed by atoms with Crippen LogP contribution in [0.5, 0.6) is 0 Å². The van der Waals surface area contributed by atoms with E-state index in [2.05, 4.69) is 4.98 Å². The van der Waals surface area contributed by atoms with Crippen molar-refractivity contribution >= 4 is 19.6 Å². The van der Waals surface area contributed by atoms with Gasteiger partial charge in [-0.05, 0) is 0 Å². The summed E-state index contributed by atoms with van der Waals surface area (Å²) in [4.78, 5) is 32.9. The van der Waals surface area contributed by atoms with E-state index >= 15 is 0 Å². The third-order valence-electron chi connectivity index (χ3n) is 3.04. The van der Waals surface area contributed by atoms with Gasteiger partial charge in [0.1, 0.15) is 12.2 Å². The van der Waals surface area contributed by atoms with Gasteiger partial charge in [0, 0.05) is 12.3 Å². The fourth-order valence-corrected chi connectivity index (χ4v) is 4.31. The molecule has 0 bridgehead atoms. The molecular formula is C9H11N2O7PS. The van der Waals surface area contributed by atoms with Crippen LogP contribution < -0.4 is 5.56 Å². The maximum atomic E-state index is 11.2. The van der Waals surface area contributed by atoms with Gasteiger partial charge in [-0.3, -0.25) is 13.9 Å². The molecule has 0 amide bonds. The van der Waals surface area contributed by atoms with Gasteiger partial charge in [-0.25, -0.2) is 4.57 Å². The third-order valence-corrected chi connectivity index (χ3v) is 4.85. The van der Waals surface area contributed by atoms with Crippen molar-refractivity contribution in [1.82, 2.24) is 9.55 Å². The van der Waals surface area contributed by atoms with E-state index in [0.29, 0.717) is 5.16 Å². The Hall–Kier alpha value is -0.740. The summed E-state index contributed by atoms with van der Waals surface area (Å²) >= 11 is 1.14. The summed E-state index contributed by atoms with van der Waals surface area (Å²) in [5.41, 5.74) is -0.408. The van der Waals surface area contributed by atoms with Crippen molar-refractivity contribution in [3.05, 3.63) is 22.6 Å². The van der Waals surface area contributed by atoms with E-state index in [9.17, 15) is 14.5 Å². The van der Waals surface area contributed by atoms with E-state index in [1.54, 1.807) is 4.57 Å². The Kier molecular flexibility index (Phi) is 3.49. The molecule has 3 rings (SSSR count). The minimum absolute atomic E-state index is 0.392. The Morgan fingerprint density at radius 1 is 1.55 bits per heavy atom. The number of ether oxygens (including phenoxy) is 1. The zero-order chi connectivity index (χ0) is 14.5. The van der Waals surface area contributed by atoms with Gasteiger partial charge in [-0.2, -0.15) is 4.98 Å². The van der Waals surface area contributed by atoms with E-state index in [1.165, 1.54) is 12.3 Å². The summed E-state index contributed by atoms with van der Waals surface area (Å²) < 4.78 is 22.9. The summed E-state index contributed by atoms with van der Waals surface area (Å²) in [7, 11) is -4.72. The second-order valence-corrected chi connectivity index (χ2v) is 6.68. The highest BCUT2D eigenvalue weighted by molar-refractivity contribution is 8.00. The highest BCUT2D eigenvalue weighted by atomic mass is 32.2. The van der Waals surface area contributed by atoms with Crippen molar-refractivity contribution < 1.29 is 28.7 Å². The Morgan fingerprint density at radius 3 is 2.95 bits per heavy atom. The number of phosphoric ester groups is 1. The van der Waals surface area contributed by atoms with E-state index in [1.807, 2.05) is 0 Å². The van der Waals surface area contributed by atoms with Crippen LogP contribution in [0.25, 0.3) is 0 Å². The Labute approximate surface area is 116 Å². The summed E-state index contributed by atoms with van der Waals surface area (Å²) in [6.07, 6.45) is -0.932. The summed E-state index contributed by atoms with van der Waals surface area (Å²) in [5, 5.41) is 9.14. The van der Waals surface area contributed by atoms with Crippen LogP contribution >= 0.6 is 19.6 Å². The van der Waals surface area contributed by atoms with Gasteiger partial charge in [0.25, 0.3) is 5.56 Å². The smallest absolute Gasteiger partial charge is 0.394 e. The van der Waals surface area contributed by atoms with Crippen molar-refractivity contribution in [3.63, 3.8) is 0 Å². The number of hydrogen-bond acceptors (Lipinski definition) is 7. The van der Waals surface area contributed by atoms with Gasteiger partial charge >= 0.3 is 7.82 Å². The minimum atomic E-state index is -4.72. The highest BCUT2D eigenvalue weighted by Gasteiger charge is 2.52. The van der Waals surface area contributed by atoms with E-state index in [4.69, 9.17) is 19.0 Å². The van der Waals surface area contributed by atoms with Gasteiger partial charge in [0.05, 0.1) is 11.9 Å². The van der Waals surface area contributed by atoms with Gasteiger partial charge in [0.2, 0.25) is 0 Å². The fraction of sp³-hybridized carbons (Fsp3) is 0.556. The molecule has 0 unspecified atom stereocenters. The first kappa shape index (κ1) is 14.2. The van der Waals surface area contributed by atoms with Crippen LogP contribution in [0.15, 0.2) is 22.2 Å². The summed E-state index contributed by atoms with van der Waals surface area (Å²) in [6, 6.07) is 1.26. The standard InChI is InChI=1S/C9H11N2O7PS/c12-3-4-6(18-19(14,15)16)7-8(17-4)11-2-1-5(13)10-9(11)20-7/h1-2,4,6-8,12H,3H2,(H2,14,15,16)/t4-,6-,7+,8-/m1/s1. The number of aromatic nitrogens is 2. The van der Waals surface area contributed by atoms with Gasteiger partial charge in [-0.1, -0.05) is 11.8 Å². The van der Waals surface area contributed by atoms with Crippen molar-refractivity contribution in [2.75, 3.05) is 6.61 Å². The Morgan fingerprint density at radius 2 is 2.30 bits per heavy atom. The largest absolute Gasteiger partial charge is 0.469 e. The summed E-state index contributed by atoms with van der Waals surface area (Å²) in [6.45, 7) is -0.429. The monoisotopic (exact) mass is 322 g/mol. The number of aliphatic hydroxyl groups excluding tert-OH is 1. The SMILES string of the molecule is O=c1ccn2c(n1)S[C@H]1[C@H](OP(=O)(O)O)[C@@H](CO)O[C@H]12. The second kappa shape index (κ2) is 4.92. The van der Waals surface area contributed by atoms with Crippen LogP contribution in [0.1, 0.15) is 6.23 Å². The van der Waals surface area contributed by atoms with Gasteiger partial charge in [-0.15, -0.1) is 0 Å². The molecule has 1 saturated heterocycles. The van der Waals surface area contributed by atoms with E-state index < -0.39 is 43.7 Å². The molecule has 0 saturated carbocycles. The molecule has 0 aliphatic carbocycles.